The number of amides is 2. The summed E-state index contributed by atoms with van der Waals surface area (Å²) in [7, 11) is -4.00. The molecule has 0 aromatic heterocycles. The molecule has 1 aliphatic rings. The molecule has 2 aromatic carbocycles. The van der Waals surface area contributed by atoms with E-state index in [1.807, 2.05) is 0 Å². The Morgan fingerprint density at radius 3 is 2.23 bits per heavy atom. The zero-order chi connectivity index (χ0) is 22.8. The molecule has 0 unspecified atom stereocenters. The quantitative estimate of drug-likeness (QED) is 0.708. The fourth-order valence-corrected chi connectivity index (χ4v) is 4.69. The van der Waals surface area contributed by atoms with Crippen molar-refractivity contribution in [1.82, 2.24) is 4.90 Å². The Morgan fingerprint density at radius 2 is 1.65 bits per heavy atom. The summed E-state index contributed by atoms with van der Waals surface area (Å²) in [4.78, 5) is 25.6. The van der Waals surface area contributed by atoms with Crippen LogP contribution in [0.25, 0.3) is 0 Å². The van der Waals surface area contributed by atoms with E-state index in [9.17, 15) is 31.2 Å². The van der Waals surface area contributed by atoms with E-state index in [0.717, 1.165) is 18.9 Å². The number of nitrogens with zero attached hydrogens (tertiary/aromatic N) is 1. The topological polar surface area (TPSA) is 83.5 Å². The standard InChI is InChI=1S/C20H18ClF3N2O4S/c21-15-4-6-16(7-5-15)31(29,30)12-14-11-13(18(27)26-9-1-2-10-26)3-8-17(14)25-19(28)20(22,23)24/h3-8,11H,1-2,9-10,12H2,(H,25,28). The van der Waals surface area contributed by atoms with Crippen molar-refractivity contribution in [3.63, 3.8) is 0 Å². The van der Waals surface area contributed by atoms with Gasteiger partial charge in [0.15, 0.2) is 9.84 Å². The van der Waals surface area contributed by atoms with Crippen molar-refractivity contribution in [1.29, 1.82) is 0 Å². The van der Waals surface area contributed by atoms with Gasteiger partial charge >= 0.3 is 12.1 Å². The maximum atomic E-state index is 12.8. The fraction of sp³-hybridized carbons (Fsp3) is 0.300. The number of hydrogen-bond acceptors (Lipinski definition) is 4. The molecule has 166 valence electrons. The van der Waals surface area contributed by atoms with Gasteiger partial charge in [0.25, 0.3) is 5.91 Å². The second-order valence-electron chi connectivity index (χ2n) is 7.04. The summed E-state index contributed by atoms with van der Waals surface area (Å²) in [6.07, 6.45) is -3.48. The molecule has 1 saturated heterocycles. The minimum absolute atomic E-state index is 0.0960. The summed E-state index contributed by atoms with van der Waals surface area (Å²) in [6, 6.07) is 8.86. The van der Waals surface area contributed by atoms with Crippen LogP contribution in [0.4, 0.5) is 18.9 Å². The number of alkyl halides is 3. The Balaban J connectivity index is 1.98. The van der Waals surface area contributed by atoms with E-state index in [-0.39, 0.29) is 27.6 Å². The average Bonchev–Trinajstić information content (AvgIpc) is 3.23. The molecule has 2 aromatic rings. The van der Waals surface area contributed by atoms with Crippen LogP contribution in [0.3, 0.4) is 0 Å². The maximum absolute atomic E-state index is 12.8. The lowest BCUT2D eigenvalue weighted by Gasteiger charge is -2.18. The highest BCUT2D eigenvalue weighted by Gasteiger charge is 2.39. The van der Waals surface area contributed by atoms with E-state index in [2.05, 4.69) is 0 Å². The summed E-state index contributed by atoms with van der Waals surface area (Å²) in [5.41, 5.74) is -0.330. The predicted octanol–water partition coefficient (Wildman–Crippen LogP) is 4.05. The van der Waals surface area contributed by atoms with Crippen molar-refractivity contribution in [2.24, 2.45) is 0 Å². The van der Waals surface area contributed by atoms with Crippen molar-refractivity contribution in [3.05, 3.63) is 58.6 Å². The van der Waals surface area contributed by atoms with Crippen LogP contribution in [0.5, 0.6) is 0 Å². The lowest BCUT2D eigenvalue weighted by Crippen LogP contribution is -2.31. The molecule has 0 atom stereocenters. The van der Waals surface area contributed by atoms with E-state index in [1.54, 1.807) is 10.2 Å². The lowest BCUT2D eigenvalue weighted by atomic mass is 10.1. The highest BCUT2D eigenvalue weighted by atomic mass is 35.5. The van der Waals surface area contributed by atoms with Gasteiger partial charge in [-0.3, -0.25) is 9.59 Å². The van der Waals surface area contributed by atoms with Crippen molar-refractivity contribution in [2.75, 3.05) is 18.4 Å². The molecular weight excluding hydrogens is 457 g/mol. The first kappa shape index (κ1) is 23.1. The first-order chi connectivity index (χ1) is 14.5. The second kappa shape index (κ2) is 8.88. The first-order valence-corrected chi connectivity index (χ1v) is 11.3. The second-order valence-corrected chi connectivity index (χ2v) is 9.46. The highest BCUT2D eigenvalue weighted by molar-refractivity contribution is 7.90. The molecule has 0 bridgehead atoms. The molecule has 11 heteroatoms. The van der Waals surface area contributed by atoms with E-state index >= 15 is 0 Å². The number of anilines is 1. The van der Waals surface area contributed by atoms with Gasteiger partial charge in [0, 0.05) is 29.4 Å². The molecule has 1 aliphatic heterocycles. The molecule has 1 heterocycles. The molecule has 1 N–H and O–H groups in total. The number of sulfone groups is 1. The van der Waals surface area contributed by atoms with Crippen molar-refractivity contribution in [3.8, 4) is 0 Å². The minimum Gasteiger partial charge on any atom is -0.339 e. The lowest BCUT2D eigenvalue weighted by molar-refractivity contribution is -0.167. The molecular formula is C20H18ClF3N2O4S. The van der Waals surface area contributed by atoms with Gasteiger partial charge < -0.3 is 10.2 Å². The molecule has 31 heavy (non-hydrogen) atoms. The Morgan fingerprint density at radius 1 is 1.03 bits per heavy atom. The van der Waals surface area contributed by atoms with Gasteiger partial charge in [0.1, 0.15) is 0 Å². The third kappa shape index (κ3) is 5.56. The van der Waals surface area contributed by atoms with Gasteiger partial charge in [-0.25, -0.2) is 8.42 Å². The third-order valence-corrected chi connectivity index (χ3v) is 6.70. The van der Waals surface area contributed by atoms with Gasteiger partial charge in [0.05, 0.1) is 10.6 Å². The smallest absolute Gasteiger partial charge is 0.339 e. The van der Waals surface area contributed by atoms with Gasteiger partial charge in [-0.05, 0) is 60.9 Å². The molecule has 0 aliphatic carbocycles. The van der Waals surface area contributed by atoms with Crippen LogP contribution in [0.1, 0.15) is 28.8 Å². The molecule has 6 nitrogen and oxygen atoms in total. The summed E-state index contributed by atoms with van der Waals surface area (Å²) >= 11 is 5.77. The Labute approximate surface area is 181 Å². The molecule has 2 amide bonds. The number of halogens is 4. The van der Waals surface area contributed by atoms with E-state index < -0.39 is 27.7 Å². The summed E-state index contributed by atoms with van der Waals surface area (Å²) < 4.78 is 63.8. The number of likely N-dealkylation sites (tertiary alicyclic amines) is 1. The van der Waals surface area contributed by atoms with Crippen LogP contribution in [0.15, 0.2) is 47.4 Å². The van der Waals surface area contributed by atoms with E-state index in [4.69, 9.17) is 11.6 Å². The van der Waals surface area contributed by atoms with Crippen LogP contribution >= 0.6 is 11.6 Å². The SMILES string of the molecule is O=C(c1ccc(NC(=O)C(F)(F)F)c(CS(=O)(=O)c2ccc(Cl)cc2)c1)N1CCCC1. The van der Waals surface area contributed by atoms with Crippen LogP contribution < -0.4 is 5.32 Å². The minimum atomic E-state index is -5.16. The number of nitrogens with one attached hydrogen (secondary N) is 1. The van der Waals surface area contributed by atoms with Crippen LogP contribution in [0, 0.1) is 0 Å². The van der Waals surface area contributed by atoms with E-state index in [1.165, 1.54) is 36.4 Å². The Hall–Kier alpha value is -2.59. The third-order valence-electron chi connectivity index (χ3n) is 4.77. The molecule has 0 spiro atoms. The zero-order valence-electron chi connectivity index (χ0n) is 16.1. The number of carbonyl (C=O) groups is 2. The van der Waals surface area contributed by atoms with Gasteiger partial charge in [-0.2, -0.15) is 13.2 Å². The average molecular weight is 475 g/mol. The fourth-order valence-electron chi connectivity index (χ4n) is 3.19. The molecule has 0 radical (unpaired) electrons. The van der Waals surface area contributed by atoms with Gasteiger partial charge in [0.2, 0.25) is 0 Å². The molecule has 1 fully saturated rings. The summed E-state index contributed by atoms with van der Waals surface area (Å²) in [5, 5.41) is 2.01. The number of rotatable bonds is 5. The van der Waals surface area contributed by atoms with Crippen LogP contribution in [0.2, 0.25) is 5.02 Å². The van der Waals surface area contributed by atoms with Crippen molar-refractivity contribution < 1.29 is 31.2 Å². The molecule has 3 rings (SSSR count). The van der Waals surface area contributed by atoms with Crippen molar-refractivity contribution in [2.45, 2.75) is 29.7 Å². The number of benzene rings is 2. The predicted molar refractivity (Wildman–Crippen MR) is 109 cm³/mol. The zero-order valence-corrected chi connectivity index (χ0v) is 17.6. The van der Waals surface area contributed by atoms with E-state index in [0.29, 0.717) is 18.1 Å². The maximum Gasteiger partial charge on any atom is 0.471 e. The largest absolute Gasteiger partial charge is 0.471 e. The highest BCUT2D eigenvalue weighted by Crippen LogP contribution is 2.27. The van der Waals surface area contributed by atoms with Gasteiger partial charge in [-0.1, -0.05) is 11.6 Å². The van der Waals surface area contributed by atoms with Gasteiger partial charge in [-0.15, -0.1) is 0 Å². The first-order valence-electron chi connectivity index (χ1n) is 9.26. The summed E-state index contributed by atoms with van der Waals surface area (Å²) in [6.45, 7) is 1.09. The Bertz CT molecular complexity index is 1100. The van der Waals surface area contributed by atoms with Crippen LogP contribution in [-0.4, -0.2) is 44.4 Å². The van der Waals surface area contributed by atoms with Crippen LogP contribution in [-0.2, 0) is 20.4 Å². The summed E-state index contributed by atoms with van der Waals surface area (Å²) in [5.74, 6) is -3.31. The molecule has 0 saturated carbocycles. The number of hydrogen-bond donors (Lipinski definition) is 1. The Kier molecular flexibility index (Phi) is 6.61. The monoisotopic (exact) mass is 474 g/mol. The van der Waals surface area contributed by atoms with Crippen molar-refractivity contribution >= 4 is 38.9 Å². The normalized spacial score (nSPS) is 14.5. The number of carbonyl (C=O) groups excluding carboxylic acids is 2.